The fourth-order valence-electron chi connectivity index (χ4n) is 1.88. The van der Waals surface area contributed by atoms with Crippen LogP contribution >= 0.6 is 27.3 Å². The number of ketones is 1. The minimum Gasteiger partial charge on any atom is -0.333 e. The predicted molar refractivity (Wildman–Crippen MR) is 75.2 cm³/mol. The number of hydrogen-bond acceptors (Lipinski definition) is 4. The Hall–Kier alpha value is -1.21. The van der Waals surface area contributed by atoms with Crippen molar-refractivity contribution in [1.82, 2.24) is 9.80 Å². The molecule has 0 radical (unpaired) electrons. The number of likely N-dealkylation sites (N-methyl/N-ethyl adjacent to an activating group) is 1. The van der Waals surface area contributed by atoms with Crippen molar-refractivity contribution in [3.8, 4) is 0 Å². The van der Waals surface area contributed by atoms with Crippen LogP contribution in [0.25, 0.3) is 0 Å². The lowest BCUT2D eigenvalue weighted by molar-refractivity contribution is -0.155. The van der Waals surface area contributed by atoms with E-state index in [0.29, 0.717) is 24.5 Å². The summed E-state index contributed by atoms with van der Waals surface area (Å²) in [4.78, 5) is 39.0. The van der Waals surface area contributed by atoms with E-state index in [1.54, 1.807) is 12.1 Å². The summed E-state index contributed by atoms with van der Waals surface area (Å²) < 4.78 is 0.869. The largest absolute Gasteiger partial charge is 0.333 e. The lowest BCUT2D eigenvalue weighted by Gasteiger charge is -2.32. The van der Waals surface area contributed by atoms with E-state index in [2.05, 4.69) is 15.9 Å². The van der Waals surface area contributed by atoms with Gasteiger partial charge in [0.05, 0.1) is 15.2 Å². The highest BCUT2D eigenvalue weighted by atomic mass is 79.9. The van der Waals surface area contributed by atoms with Crippen molar-refractivity contribution in [2.45, 2.75) is 6.92 Å². The molecule has 1 aromatic heterocycles. The number of carbonyl (C=O) groups is 3. The van der Waals surface area contributed by atoms with Gasteiger partial charge in [0, 0.05) is 19.6 Å². The van der Waals surface area contributed by atoms with Gasteiger partial charge < -0.3 is 9.80 Å². The molecule has 2 heterocycles. The zero-order valence-electron chi connectivity index (χ0n) is 10.4. The van der Waals surface area contributed by atoms with E-state index in [-0.39, 0.29) is 12.3 Å². The van der Waals surface area contributed by atoms with Crippen LogP contribution in [0.1, 0.15) is 16.6 Å². The van der Waals surface area contributed by atoms with E-state index >= 15 is 0 Å². The maximum atomic E-state index is 12.0. The lowest BCUT2D eigenvalue weighted by Crippen LogP contribution is -2.55. The SMILES string of the molecule is CCN1CCN(CC(=O)c2ccc(Br)s2)C(=O)C1=O. The number of Topliss-reactive ketones (excluding diaryl/α,β-unsaturated/α-hetero) is 1. The molecule has 7 heteroatoms. The van der Waals surface area contributed by atoms with E-state index in [1.165, 1.54) is 21.1 Å². The molecule has 0 aliphatic carbocycles. The molecule has 1 aromatic rings. The van der Waals surface area contributed by atoms with Crippen molar-refractivity contribution >= 4 is 44.9 Å². The van der Waals surface area contributed by atoms with Crippen LogP contribution in [0.3, 0.4) is 0 Å². The van der Waals surface area contributed by atoms with Gasteiger partial charge in [-0.1, -0.05) is 0 Å². The molecule has 0 aromatic carbocycles. The number of carbonyl (C=O) groups excluding carboxylic acids is 3. The summed E-state index contributed by atoms with van der Waals surface area (Å²) >= 11 is 4.61. The van der Waals surface area contributed by atoms with Crippen LogP contribution in [-0.2, 0) is 9.59 Å². The van der Waals surface area contributed by atoms with Crippen LogP contribution < -0.4 is 0 Å². The molecule has 1 fully saturated rings. The number of nitrogens with zero attached hydrogens (tertiary/aromatic N) is 2. The van der Waals surface area contributed by atoms with E-state index < -0.39 is 11.8 Å². The van der Waals surface area contributed by atoms with Gasteiger partial charge in [0.25, 0.3) is 0 Å². The highest BCUT2D eigenvalue weighted by Crippen LogP contribution is 2.22. The Bertz CT molecular complexity index is 529. The molecule has 1 aliphatic heterocycles. The standard InChI is InChI=1S/C12H13BrN2O3S/c1-2-14-5-6-15(12(18)11(14)17)7-8(16)9-3-4-10(13)19-9/h3-4H,2,5-7H2,1H3. The highest BCUT2D eigenvalue weighted by molar-refractivity contribution is 9.11. The molecule has 0 atom stereocenters. The molecule has 19 heavy (non-hydrogen) atoms. The zero-order valence-corrected chi connectivity index (χ0v) is 12.8. The Labute approximate surface area is 123 Å². The molecule has 102 valence electrons. The van der Waals surface area contributed by atoms with Crippen molar-refractivity contribution in [1.29, 1.82) is 0 Å². The number of rotatable bonds is 4. The van der Waals surface area contributed by atoms with E-state index in [1.807, 2.05) is 6.92 Å². The van der Waals surface area contributed by atoms with Crippen molar-refractivity contribution in [2.75, 3.05) is 26.2 Å². The Balaban J connectivity index is 2.02. The van der Waals surface area contributed by atoms with Crippen molar-refractivity contribution < 1.29 is 14.4 Å². The second kappa shape index (κ2) is 5.83. The molecule has 0 bridgehead atoms. The summed E-state index contributed by atoms with van der Waals surface area (Å²) in [5.74, 6) is -1.24. The number of piperazine rings is 1. The summed E-state index contributed by atoms with van der Waals surface area (Å²) in [6.45, 7) is 3.22. The first kappa shape index (κ1) is 14.2. The molecule has 0 spiro atoms. The van der Waals surface area contributed by atoms with Crippen LogP contribution in [0.5, 0.6) is 0 Å². The first-order valence-electron chi connectivity index (χ1n) is 5.89. The fraction of sp³-hybridized carbons (Fsp3) is 0.417. The highest BCUT2D eigenvalue weighted by Gasteiger charge is 2.32. The van der Waals surface area contributed by atoms with Crippen LogP contribution in [0.4, 0.5) is 0 Å². The van der Waals surface area contributed by atoms with Gasteiger partial charge in [0.1, 0.15) is 0 Å². The topological polar surface area (TPSA) is 57.7 Å². The molecule has 0 N–H and O–H groups in total. The average molecular weight is 345 g/mol. The monoisotopic (exact) mass is 344 g/mol. The van der Waals surface area contributed by atoms with E-state index in [4.69, 9.17) is 0 Å². The molecular weight excluding hydrogens is 332 g/mol. The summed E-state index contributed by atoms with van der Waals surface area (Å²) in [6, 6.07) is 3.51. The Morgan fingerprint density at radius 3 is 2.47 bits per heavy atom. The lowest BCUT2D eigenvalue weighted by atomic mass is 10.2. The molecule has 0 saturated carbocycles. The minimum absolute atomic E-state index is 0.0327. The third kappa shape index (κ3) is 3.03. The maximum absolute atomic E-state index is 12.0. The van der Waals surface area contributed by atoms with Gasteiger partial charge >= 0.3 is 11.8 Å². The van der Waals surface area contributed by atoms with Gasteiger partial charge in [-0.3, -0.25) is 14.4 Å². The number of halogens is 1. The summed E-state index contributed by atoms with van der Waals surface area (Å²) in [6.07, 6.45) is 0. The molecule has 1 saturated heterocycles. The predicted octanol–water partition coefficient (Wildman–Crippen LogP) is 1.38. The van der Waals surface area contributed by atoms with Gasteiger partial charge in [0.15, 0.2) is 5.78 Å². The van der Waals surface area contributed by atoms with Gasteiger partial charge in [-0.25, -0.2) is 0 Å². The Kier molecular flexibility index (Phi) is 4.36. The van der Waals surface area contributed by atoms with Gasteiger partial charge in [-0.15, -0.1) is 11.3 Å². The van der Waals surface area contributed by atoms with Gasteiger partial charge in [0.2, 0.25) is 0 Å². The quantitative estimate of drug-likeness (QED) is 0.612. The number of hydrogen-bond donors (Lipinski definition) is 0. The molecule has 2 amide bonds. The van der Waals surface area contributed by atoms with Crippen molar-refractivity contribution in [2.24, 2.45) is 0 Å². The van der Waals surface area contributed by atoms with Crippen LogP contribution in [0, 0.1) is 0 Å². The second-order valence-electron chi connectivity index (χ2n) is 4.14. The maximum Gasteiger partial charge on any atom is 0.312 e. The fourth-order valence-corrected chi connectivity index (χ4v) is 3.20. The second-order valence-corrected chi connectivity index (χ2v) is 6.60. The van der Waals surface area contributed by atoms with E-state index in [0.717, 1.165) is 3.79 Å². The van der Waals surface area contributed by atoms with Gasteiger partial charge in [-0.2, -0.15) is 0 Å². The first-order valence-corrected chi connectivity index (χ1v) is 7.50. The normalized spacial score (nSPS) is 16.1. The third-order valence-electron chi connectivity index (χ3n) is 2.96. The van der Waals surface area contributed by atoms with Crippen LogP contribution in [-0.4, -0.2) is 53.6 Å². The summed E-state index contributed by atoms with van der Waals surface area (Å²) in [7, 11) is 0. The Morgan fingerprint density at radius 1 is 1.26 bits per heavy atom. The van der Waals surface area contributed by atoms with Crippen molar-refractivity contribution in [3.05, 3.63) is 20.8 Å². The molecule has 1 aliphatic rings. The summed E-state index contributed by atoms with van der Waals surface area (Å²) in [5.41, 5.74) is 0. The van der Waals surface area contributed by atoms with Crippen molar-refractivity contribution in [3.63, 3.8) is 0 Å². The van der Waals surface area contributed by atoms with E-state index in [9.17, 15) is 14.4 Å². The summed E-state index contributed by atoms with van der Waals surface area (Å²) in [5, 5.41) is 0. The zero-order chi connectivity index (χ0) is 14.0. The molecule has 2 rings (SSSR count). The smallest absolute Gasteiger partial charge is 0.312 e. The third-order valence-corrected chi connectivity index (χ3v) is 4.63. The number of amides is 2. The number of thiophene rings is 1. The van der Waals surface area contributed by atoms with Crippen LogP contribution in [0.2, 0.25) is 0 Å². The average Bonchev–Trinajstić information content (AvgIpc) is 2.82. The molecule has 0 unspecified atom stereocenters. The first-order chi connectivity index (χ1) is 9.02. The van der Waals surface area contributed by atoms with Crippen LogP contribution in [0.15, 0.2) is 15.9 Å². The minimum atomic E-state index is -0.586. The van der Waals surface area contributed by atoms with Gasteiger partial charge in [-0.05, 0) is 35.0 Å². The molecular formula is C12H13BrN2O3S. The Morgan fingerprint density at radius 2 is 1.89 bits per heavy atom. The molecule has 5 nitrogen and oxygen atoms in total.